The van der Waals surface area contributed by atoms with Gasteiger partial charge < -0.3 is 9.26 Å². The van der Waals surface area contributed by atoms with Gasteiger partial charge in [-0.1, -0.05) is 35.5 Å². The Morgan fingerprint density at radius 1 is 1.19 bits per heavy atom. The van der Waals surface area contributed by atoms with E-state index in [9.17, 15) is 4.79 Å². The van der Waals surface area contributed by atoms with E-state index in [4.69, 9.17) is 9.26 Å². The van der Waals surface area contributed by atoms with Gasteiger partial charge in [-0.05, 0) is 45.1 Å². The second-order valence-corrected chi connectivity index (χ2v) is 4.97. The van der Waals surface area contributed by atoms with Crippen LogP contribution >= 0.6 is 0 Å². The van der Waals surface area contributed by atoms with Gasteiger partial charge in [0, 0.05) is 0 Å². The van der Waals surface area contributed by atoms with Crippen LogP contribution in [0.1, 0.15) is 47.1 Å². The molecule has 4 heteroatoms. The fourth-order valence-electron chi connectivity index (χ4n) is 2.32. The van der Waals surface area contributed by atoms with E-state index in [2.05, 4.69) is 29.4 Å². The Hall–Kier alpha value is -2.10. The van der Waals surface area contributed by atoms with Crippen LogP contribution in [0.15, 0.2) is 34.9 Å². The van der Waals surface area contributed by atoms with Crippen LogP contribution in [0, 0.1) is 6.92 Å². The number of carbonyl (C=O) groups excluding carboxylic acids is 1. The lowest BCUT2D eigenvalue weighted by atomic mass is 10.0. The fraction of sp³-hybridized carbons (Fsp3) is 0.412. The third-order valence-corrected chi connectivity index (χ3v) is 3.38. The minimum atomic E-state index is -0.339. The number of hydrogen-bond donors (Lipinski definition) is 0. The summed E-state index contributed by atoms with van der Waals surface area (Å²) >= 11 is 0. The minimum Gasteiger partial charge on any atom is -0.462 e. The Balaban J connectivity index is 1.87. The molecule has 2 aromatic rings. The first-order chi connectivity index (χ1) is 10.2. The summed E-state index contributed by atoms with van der Waals surface area (Å²) in [5, 5.41) is 3.99. The highest BCUT2D eigenvalue weighted by molar-refractivity contribution is 5.91. The molecule has 0 aliphatic carbocycles. The Morgan fingerprint density at radius 3 is 2.62 bits per heavy atom. The zero-order valence-corrected chi connectivity index (χ0v) is 12.6. The third-order valence-electron chi connectivity index (χ3n) is 3.38. The number of benzene rings is 1. The Labute approximate surface area is 125 Å². The number of carbonyl (C=O) groups is 1. The second kappa shape index (κ2) is 7.62. The number of rotatable bonds is 7. The van der Waals surface area contributed by atoms with Gasteiger partial charge >= 0.3 is 5.97 Å². The molecule has 21 heavy (non-hydrogen) atoms. The summed E-state index contributed by atoms with van der Waals surface area (Å²) < 4.78 is 10.2. The van der Waals surface area contributed by atoms with Gasteiger partial charge in [-0.15, -0.1) is 0 Å². The largest absolute Gasteiger partial charge is 0.462 e. The molecule has 112 valence electrons. The van der Waals surface area contributed by atoms with Crippen molar-refractivity contribution in [3.8, 4) is 0 Å². The van der Waals surface area contributed by atoms with Gasteiger partial charge in [0.1, 0.15) is 11.3 Å². The van der Waals surface area contributed by atoms with Crippen LogP contribution in [-0.2, 0) is 17.6 Å². The van der Waals surface area contributed by atoms with E-state index in [1.54, 1.807) is 13.8 Å². The molecule has 0 saturated carbocycles. The third kappa shape index (κ3) is 4.18. The molecule has 4 nitrogen and oxygen atoms in total. The van der Waals surface area contributed by atoms with Crippen molar-refractivity contribution < 1.29 is 14.1 Å². The lowest BCUT2D eigenvalue weighted by Crippen LogP contribution is -2.08. The molecule has 1 heterocycles. The van der Waals surface area contributed by atoms with E-state index >= 15 is 0 Å². The van der Waals surface area contributed by atoms with Gasteiger partial charge in [-0.3, -0.25) is 0 Å². The van der Waals surface area contributed by atoms with E-state index < -0.39 is 0 Å². The maximum atomic E-state index is 11.9. The van der Waals surface area contributed by atoms with Crippen molar-refractivity contribution in [3.05, 3.63) is 52.9 Å². The molecule has 0 spiro atoms. The van der Waals surface area contributed by atoms with E-state index in [0.717, 1.165) is 25.7 Å². The first kappa shape index (κ1) is 15.3. The molecule has 0 aliphatic rings. The van der Waals surface area contributed by atoms with Crippen molar-refractivity contribution in [1.82, 2.24) is 5.16 Å². The minimum absolute atomic E-state index is 0.339. The van der Waals surface area contributed by atoms with E-state index in [1.165, 1.54) is 5.56 Å². The van der Waals surface area contributed by atoms with E-state index in [1.807, 2.05) is 6.07 Å². The average Bonchev–Trinajstić information content (AvgIpc) is 2.86. The number of unbranched alkanes of at least 4 members (excludes halogenated alkanes) is 1. The van der Waals surface area contributed by atoms with Crippen molar-refractivity contribution >= 4 is 5.97 Å². The van der Waals surface area contributed by atoms with E-state index in [-0.39, 0.29) is 5.97 Å². The molecule has 0 fully saturated rings. The monoisotopic (exact) mass is 287 g/mol. The van der Waals surface area contributed by atoms with Gasteiger partial charge in [-0.25, -0.2) is 4.79 Å². The van der Waals surface area contributed by atoms with Crippen molar-refractivity contribution in [2.24, 2.45) is 0 Å². The molecule has 0 unspecified atom stereocenters. The smallest absolute Gasteiger partial charge is 0.343 e. The summed E-state index contributed by atoms with van der Waals surface area (Å²) in [6.07, 6.45) is 3.79. The highest BCUT2D eigenvalue weighted by atomic mass is 16.5. The quantitative estimate of drug-likeness (QED) is 0.575. The van der Waals surface area contributed by atoms with Gasteiger partial charge in [0.15, 0.2) is 0 Å². The molecule has 1 aromatic heterocycles. The molecule has 0 N–H and O–H groups in total. The molecule has 0 saturated heterocycles. The SMILES string of the molecule is CCOC(=O)c1c(CCCCc2ccccc2)noc1C. The van der Waals surface area contributed by atoms with Crippen LogP contribution in [0.25, 0.3) is 0 Å². The van der Waals surface area contributed by atoms with Crippen molar-refractivity contribution in [2.75, 3.05) is 6.61 Å². The number of aromatic nitrogens is 1. The standard InChI is InChI=1S/C17H21NO3/c1-3-20-17(19)16-13(2)21-18-15(16)12-8-7-11-14-9-5-4-6-10-14/h4-6,9-10H,3,7-8,11-12H2,1-2H3. The summed E-state index contributed by atoms with van der Waals surface area (Å²) in [6, 6.07) is 10.4. The topological polar surface area (TPSA) is 52.3 Å². The van der Waals surface area contributed by atoms with Crippen LogP contribution in [0.2, 0.25) is 0 Å². The van der Waals surface area contributed by atoms with Crippen molar-refractivity contribution in [3.63, 3.8) is 0 Å². The number of esters is 1. The first-order valence-electron chi connectivity index (χ1n) is 7.38. The summed E-state index contributed by atoms with van der Waals surface area (Å²) in [7, 11) is 0. The maximum Gasteiger partial charge on any atom is 0.343 e. The number of ether oxygens (including phenoxy) is 1. The molecule has 0 amide bonds. The summed E-state index contributed by atoms with van der Waals surface area (Å²) in [6.45, 7) is 3.89. The lowest BCUT2D eigenvalue weighted by molar-refractivity contribution is 0.0523. The van der Waals surface area contributed by atoms with E-state index in [0.29, 0.717) is 23.6 Å². The Bertz CT molecular complexity index is 575. The van der Waals surface area contributed by atoms with Crippen molar-refractivity contribution in [1.29, 1.82) is 0 Å². The number of hydrogen-bond acceptors (Lipinski definition) is 4. The maximum absolute atomic E-state index is 11.9. The van der Waals surface area contributed by atoms with Crippen LogP contribution in [0.5, 0.6) is 0 Å². The Kier molecular flexibility index (Phi) is 5.55. The van der Waals surface area contributed by atoms with Crippen molar-refractivity contribution in [2.45, 2.75) is 39.5 Å². The van der Waals surface area contributed by atoms with Crippen LogP contribution in [-0.4, -0.2) is 17.7 Å². The van der Waals surface area contributed by atoms with Crippen LogP contribution in [0.3, 0.4) is 0 Å². The van der Waals surface area contributed by atoms with Gasteiger partial charge in [-0.2, -0.15) is 0 Å². The zero-order valence-electron chi connectivity index (χ0n) is 12.6. The average molecular weight is 287 g/mol. The van der Waals surface area contributed by atoms with Gasteiger partial charge in [0.05, 0.1) is 12.3 Å². The molecule has 1 aromatic carbocycles. The molecule has 0 radical (unpaired) electrons. The van der Waals surface area contributed by atoms with Gasteiger partial charge in [0.2, 0.25) is 0 Å². The fourth-order valence-corrected chi connectivity index (χ4v) is 2.32. The summed E-state index contributed by atoms with van der Waals surface area (Å²) in [4.78, 5) is 11.9. The highest BCUT2D eigenvalue weighted by Gasteiger charge is 2.20. The molecule has 0 bridgehead atoms. The van der Waals surface area contributed by atoms with Crippen LogP contribution < -0.4 is 0 Å². The molecule has 0 atom stereocenters. The summed E-state index contributed by atoms with van der Waals surface area (Å²) in [5.41, 5.74) is 2.54. The normalized spacial score (nSPS) is 10.6. The predicted molar refractivity (Wildman–Crippen MR) is 80.3 cm³/mol. The molecule has 0 aliphatic heterocycles. The second-order valence-electron chi connectivity index (χ2n) is 4.97. The lowest BCUT2D eigenvalue weighted by Gasteiger charge is -2.03. The zero-order chi connectivity index (χ0) is 15.1. The number of nitrogens with zero attached hydrogens (tertiary/aromatic N) is 1. The first-order valence-corrected chi connectivity index (χ1v) is 7.38. The van der Waals surface area contributed by atoms with Crippen LogP contribution in [0.4, 0.5) is 0 Å². The van der Waals surface area contributed by atoms with Gasteiger partial charge in [0.25, 0.3) is 0 Å². The highest BCUT2D eigenvalue weighted by Crippen LogP contribution is 2.17. The number of aryl methyl sites for hydroxylation is 3. The molecular formula is C17H21NO3. The summed E-state index contributed by atoms with van der Waals surface area (Å²) in [5.74, 6) is 0.195. The molecular weight excluding hydrogens is 266 g/mol. The Morgan fingerprint density at radius 2 is 1.90 bits per heavy atom. The predicted octanol–water partition coefficient (Wildman–Crippen LogP) is 3.73. The molecule has 2 rings (SSSR count).